The Balaban J connectivity index is 1.29. The molecule has 0 saturated carbocycles. The average Bonchev–Trinajstić information content (AvgIpc) is 2.74. The Morgan fingerprint density at radius 1 is 1.07 bits per heavy atom. The number of benzene rings is 2. The van der Waals surface area contributed by atoms with E-state index in [-0.39, 0.29) is 30.5 Å². The zero-order valence-electron chi connectivity index (χ0n) is 16.5. The van der Waals surface area contributed by atoms with Gasteiger partial charge in [0.15, 0.2) is 0 Å². The second kappa shape index (κ2) is 10.4. The van der Waals surface area contributed by atoms with Crippen molar-refractivity contribution in [3.8, 4) is 5.75 Å². The van der Waals surface area contributed by atoms with Gasteiger partial charge in [-0.2, -0.15) is 0 Å². The van der Waals surface area contributed by atoms with E-state index < -0.39 is 11.7 Å². The van der Waals surface area contributed by atoms with Crippen LogP contribution in [0.4, 0.5) is 10.1 Å². The summed E-state index contributed by atoms with van der Waals surface area (Å²) in [5.41, 5.74) is 1.84. The molecule has 30 heavy (non-hydrogen) atoms. The number of carbonyl (C=O) groups excluding carboxylic acids is 3. The Bertz CT molecular complexity index is 932. The molecule has 1 aliphatic heterocycles. The maximum absolute atomic E-state index is 13.5. The molecule has 0 aliphatic carbocycles. The number of hydrogen-bond donors (Lipinski definition) is 3. The summed E-state index contributed by atoms with van der Waals surface area (Å²) in [5, 5.41) is 8.09. The van der Waals surface area contributed by atoms with Crippen LogP contribution in [0.15, 0.2) is 42.5 Å². The molecule has 0 unspecified atom stereocenters. The topological polar surface area (TPSA) is 96.5 Å². The molecule has 0 aromatic heterocycles. The summed E-state index contributed by atoms with van der Waals surface area (Å²) >= 11 is 0. The molecule has 158 valence electrons. The predicted octanol–water partition coefficient (Wildman–Crippen LogP) is 2.42. The van der Waals surface area contributed by atoms with Crippen LogP contribution in [0.2, 0.25) is 0 Å². The summed E-state index contributed by atoms with van der Waals surface area (Å²) in [7, 11) is 0. The van der Waals surface area contributed by atoms with Gasteiger partial charge in [0.2, 0.25) is 11.8 Å². The van der Waals surface area contributed by atoms with E-state index in [2.05, 4.69) is 16.0 Å². The molecule has 0 fully saturated rings. The van der Waals surface area contributed by atoms with Crippen LogP contribution in [0.3, 0.4) is 0 Å². The Labute approximate surface area is 174 Å². The molecule has 8 heteroatoms. The number of anilines is 1. The van der Waals surface area contributed by atoms with E-state index in [9.17, 15) is 18.8 Å². The number of hydrogen-bond acceptors (Lipinski definition) is 4. The number of carbonyl (C=O) groups is 3. The van der Waals surface area contributed by atoms with E-state index in [1.54, 1.807) is 12.1 Å². The van der Waals surface area contributed by atoms with E-state index in [0.717, 1.165) is 11.3 Å². The molecule has 3 amide bonds. The fourth-order valence-corrected chi connectivity index (χ4v) is 3.08. The number of fused-ring (bicyclic) bond motifs is 1. The number of aryl methyl sites for hydroxylation is 1. The lowest BCUT2D eigenvalue weighted by Gasteiger charge is -2.17. The van der Waals surface area contributed by atoms with Crippen LogP contribution in [0.1, 0.15) is 35.2 Å². The molecule has 0 bridgehead atoms. The smallest absolute Gasteiger partial charge is 0.254 e. The maximum Gasteiger partial charge on any atom is 0.254 e. The molecule has 0 radical (unpaired) electrons. The standard InChI is InChI=1S/C22H24FN3O4/c23-18-5-2-1-4-17(18)22(29)25-12-11-24-20(27)6-3-13-30-16-8-9-19-15(14-16)7-10-21(28)26-19/h1-2,4-5,8-9,14H,3,6-7,10-13H2,(H,24,27)(H,25,29)(H,26,28). The molecule has 2 aromatic rings. The lowest BCUT2D eigenvalue weighted by Crippen LogP contribution is -2.35. The summed E-state index contributed by atoms with van der Waals surface area (Å²) in [6.07, 6.45) is 2.00. The van der Waals surface area contributed by atoms with Crippen molar-refractivity contribution < 1.29 is 23.5 Å². The van der Waals surface area contributed by atoms with E-state index in [1.807, 2.05) is 12.1 Å². The fourth-order valence-electron chi connectivity index (χ4n) is 3.08. The number of rotatable bonds is 9. The largest absolute Gasteiger partial charge is 0.494 e. The highest BCUT2D eigenvalue weighted by molar-refractivity contribution is 5.94. The first kappa shape index (κ1) is 21.3. The van der Waals surface area contributed by atoms with Crippen molar-refractivity contribution in [1.82, 2.24) is 10.6 Å². The van der Waals surface area contributed by atoms with Gasteiger partial charge in [0, 0.05) is 31.6 Å². The van der Waals surface area contributed by atoms with Crippen molar-refractivity contribution in [3.63, 3.8) is 0 Å². The average molecular weight is 413 g/mol. The lowest BCUT2D eigenvalue weighted by molar-refractivity contribution is -0.121. The Kier molecular flexibility index (Phi) is 7.37. The van der Waals surface area contributed by atoms with E-state index in [4.69, 9.17) is 4.74 Å². The molecule has 0 saturated heterocycles. The number of halogens is 1. The summed E-state index contributed by atoms with van der Waals surface area (Å²) < 4.78 is 19.2. The van der Waals surface area contributed by atoms with Crippen molar-refractivity contribution in [3.05, 3.63) is 59.4 Å². The van der Waals surface area contributed by atoms with Crippen LogP contribution in [-0.2, 0) is 16.0 Å². The van der Waals surface area contributed by atoms with Crippen LogP contribution in [0.25, 0.3) is 0 Å². The van der Waals surface area contributed by atoms with Gasteiger partial charge in [-0.15, -0.1) is 0 Å². The number of ether oxygens (including phenoxy) is 1. The SMILES string of the molecule is O=C(CCCOc1ccc2c(c1)CCC(=O)N2)NCCNC(=O)c1ccccc1F. The van der Waals surface area contributed by atoms with E-state index in [0.29, 0.717) is 38.0 Å². The van der Waals surface area contributed by atoms with Crippen molar-refractivity contribution in [1.29, 1.82) is 0 Å². The van der Waals surface area contributed by atoms with Crippen LogP contribution in [-0.4, -0.2) is 37.4 Å². The van der Waals surface area contributed by atoms with Gasteiger partial charge in [0.25, 0.3) is 5.91 Å². The minimum Gasteiger partial charge on any atom is -0.494 e. The van der Waals surface area contributed by atoms with Gasteiger partial charge < -0.3 is 20.7 Å². The number of amides is 3. The Morgan fingerprint density at radius 3 is 2.70 bits per heavy atom. The highest BCUT2D eigenvalue weighted by Crippen LogP contribution is 2.26. The summed E-state index contributed by atoms with van der Waals surface area (Å²) in [6, 6.07) is 11.3. The molecular weight excluding hydrogens is 389 g/mol. The third-order valence-electron chi connectivity index (χ3n) is 4.64. The van der Waals surface area contributed by atoms with Gasteiger partial charge in [-0.25, -0.2) is 4.39 Å². The van der Waals surface area contributed by atoms with Gasteiger partial charge >= 0.3 is 0 Å². The molecule has 2 aromatic carbocycles. The first-order valence-corrected chi connectivity index (χ1v) is 9.88. The zero-order valence-corrected chi connectivity index (χ0v) is 16.5. The van der Waals surface area contributed by atoms with Crippen molar-refractivity contribution >= 4 is 23.4 Å². The highest BCUT2D eigenvalue weighted by Gasteiger charge is 2.15. The normalized spacial score (nSPS) is 12.5. The first-order valence-electron chi connectivity index (χ1n) is 9.88. The maximum atomic E-state index is 13.5. The minimum atomic E-state index is -0.581. The van der Waals surface area contributed by atoms with Gasteiger partial charge in [-0.3, -0.25) is 14.4 Å². The monoisotopic (exact) mass is 413 g/mol. The van der Waals surface area contributed by atoms with Crippen molar-refractivity contribution in [2.24, 2.45) is 0 Å². The second-order valence-corrected chi connectivity index (χ2v) is 6.90. The lowest BCUT2D eigenvalue weighted by atomic mass is 10.0. The summed E-state index contributed by atoms with van der Waals surface area (Å²) in [6.45, 7) is 0.861. The molecule has 7 nitrogen and oxygen atoms in total. The Morgan fingerprint density at radius 2 is 1.87 bits per heavy atom. The molecule has 1 aliphatic rings. The molecule has 1 heterocycles. The molecular formula is C22H24FN3O4. The Hall–Kier alpha value is -3.42. The van der Waals surface area contributed by atoms with Gasteiger partial charge in [0.05, 0.1) is 12.2 Å². The van der Waals surface area contributed by atoms with E-state index >= 15 is 0 Å². The fraction of sp³-hybridized carbons (Fsp3) is 0.318. The highest BCUT2D eigenvalue weighted by atomic mass is 19.1. The molecule has 3 N–H and O–H groups in total. The predicted molar refractivity (Wildman–Crippen MR) is 110 cm³/mol. The van der Waals surface area contributed by atoms with Gasteiger partial charge in [-0.1, -0.05) is 12.1 Å². The van der Waals surface area contributed by atoms with Crippen LogP contribution in [0.5, 0.6) is 5.75 Å². The second-order valence-electron chi connectivity index (χ2n) is 6.90. The molecule has 3 rings (SSSR count). The quantitative estimate of drug-likeness (QED) is 0.550. The van der Waals surface area contributed by atoms with Crippen molar-refractivity contribution in [2.45, 2.75) is 25.7 Å². The van der Waals surface area contributed by atoms with Crippen LogP contribution < -0.4 is 20.7 Å². The first-order chi connectivity index (χ1) is 14.5. The van der Waals surface area contributed by atoms with Crippen LogP contribution in [0, 0.1) is 5.82 Å². The molecule has 0 atom stereocenters. The summed E-state index contributed by atoms with van der Waals surface area (Å²) in [4.78, 5) is 35.1. The van der Waals surface area contributed by atoms with Gasteiger partial charge in [-0.05, 0) is 48.7 Å². The summed E-state index contributed by atoms with van der Waals surface area (Å²) in [5.74, 6) is -0.509. The third kappa shape index (κ3) is 6.04. The van der Waals surface area contributed by atoms with Crippen molar-refractivity contribution in [2.75, 3.05) is 25.0 Å². The third-order valence-corrected chi connectivity index (χ3v) is 4.64. The van der Waals surface area contributed by atoms with E-state index in [1.165, 1.54) is 18.2 Å². The minimum absolute atomic E-state index is 0.0222. The van der Waals surface area contributed by atoms with Gasteiger partial charge in [0.1, 0.15) is 11.6 Å². The van der Waals surface area contributed by atoms with Crippen LogP contribution >= 0.6 is 0 Å². The zero-order chi connectivity index (χ0) is 21.3. The number of nitrogens with one attached hydrogen (secondary N) is 3. The molecule has 0 spiro atoms.